The first kappa shape index (κ1) is 29.6. The van der Waals surface area contributed by atoms with Gasteiger partial charge in [-0.3, -0.25) is 24.0 Å². The number of nitrogens with one attached hydrogen (secondary N) is 3. The fourth-order valence-corrected chi connectivity index (χ4v) is 5.17. The number of para-hydroxylation sites is 1. The Morgan fingerprint density at radius 2 is 1.78 bits per heavy atom. The maximum Gasteiger partial charge on any atom is 0.255 e. The number of fused-ring (bicyclic) bond motifs is 2. The number of hydrogen-bond acceptors (Lipinski definition) is 6. The van der Waals surface area contributed by atoms with Crippen molar-refractivity contribution in [1.29, 1.82) is 0 Å². The van der Waals surface area contributed by atoms with Crippen LogP contribution in [0.4, 0.5) is 0 Å². The van der Waals surface area contributed by atoms with Gasteiger partial charge in [-0.05, 0) is 49.8 Å². The minimum absolute atomic E-state index is 0.0233. The Labute approximate surface area is 239 Å². The van der Waals surface area contributed by atoms with Crippen LogP contribution in [0.25, 0.3) is 0 Å². The Morgan fingerprint density at radius 3 is 2.56 bits per heavy atom. The molecule has 5 N–H and O–H groups in total. The summed E-state index contributed by atoms with van der Waals surface area (Å²) in [5, 5.41) is 8.17. The van der Waals surface area contributed by atoms with Crippen molar-refractivity contribution in [2.45, 2.75) is 63.1 Å². The van der Waals surface area contributed by atoms with E-state index in [1.165, 1.54) is 0 Å². The van der Waals surface area contributed by atoms with Crippen molar-refractivity contribution in [1.82, 2.24) is 20.9 Å². The molecule has 0 unspecified atom stereocenters. The molecule has 0 radical (unpaired) electrons. The highest BCUT2D eigenvalue weighted by Crippen LogP contribution is 2.24. The topological polar surface area (TPSA) is 160 Å². The lowest BCUT2D eigenvalue weighted by atomic mass is 10.1. The summed E-state index contributed by atoms with van der Waals surface area (Å²) in [5.74, 6) is -2.29. The fraction of sp³-hybridized carbons (Fsp3) is 0.433. The van der Waals surface area contributed by atoms with Gasteiger partial charge in [0.15, 0.2) is 0 Å². The first-order valence-electron chi connectivity index (χ1n) is 14.0. The molecular weight excluding hydrogens is 526 g/mol. The van der Waals surface area contributed by atoms with Gasteiger partial charge in [0.2, 0.25) is 23.6 Å². The fourth-order valence-electron chi connectivity index (χ4n) is 5.17. The number of nitrogens with zero attached hydrogens (tertiary/aromatic N) is 1. The van der Waals surface area contributed by atoms with Crippen LogP contribution in [0.2, 0.25) is 0 Å². The van der Waals surface area contributed by atoms with E-state index in [0.717, 1.165) is 18.4 Å². The van der Waals surface area contributed by atoms with E-state index >= 15 is 0 Å². The number of aryl methyl sites for hydroxylation is 1. The van der Waals surface area contributed by atoms with Crippen LogP contribution in [0.1, 0.15) is 54.4 Å². The van der Waals surface area contributed by atoms with Gasteiger partial charge < -0.3 is 31.3 Å². The lowest BCUT2D eigenvalue weighted by molar-refractivity contribution is -0.138. The zero-order valence-corrected chi connectivity index (χ0v) is 23.0. The molecule has 2 aliphatic rings. The van der Waals surface area contributed by atoms with Crippen LogP contribution in [0.5, 0.6) is 5.75 Å². The van der Waals surface area contributed by atoms with Crippen molar-refractivity contribution in [3.63, 3.8) is 0 Å². The molecule has 0 aromatic heterocycles. The van der Waals surface area contributed by atoms with Gasteiger partial charge in [0, 0.05) is 19.5 Å². The average Bonchev–Trinajstić information content (AvgIpc) is 3.44. The van der Waals surface area contributed by atoms with E-state index in [1.54, 1.807) is 29.2 Å². The molecule has 2 aliphatic heterocycles. The Balaban J connectivity index is 1.53. The standard InChI is InChI=1S/C30H37N5O6/c31-26(36)15-14-23-30(40)35-17-7-11-21(35)19-41-25-13-5-4-12-22(25)28(38)34-24(18-27(37)33-23)29(39)32-16-6-10-20-8-2-1-3-9-20/h1-5,8-9,12-13,21,23-24H,6-7,10-11,14-19H2,(H2,31,36)(H,32,39)(H,33,37)(H,34,38)/t21-,23+,24+/m1/s1. The van der Waals surface area contributed by atoms with Crippen LogP contribution in [-0.4, -0.2) is 72.3 Å². The Morgan fingerprint density at radius 1 is 1.02 bits per heavy atom. The predicted molar refractivity (Wildman–Crippen MR) is 151 cm³/mol. The molecule has 0 spiro atoms. The second-order valence-corrected chi connectivity index (χ2v) is 10.4. The van der Waals surface area contributed by atoms with E-state index in [2.05, 4.69) is 16.0 Å². The molecule has 2 aromatic carbocycles. The molecule has 11 nitrogen and oxygen atoms in total. The van der Waals surface area contributed by atoms with Crippen molar-refractivity contribution in [2.75, 3.05) is 19.7 Å². The summed E-state index contributed by atoms with van der Waals surface area (Å²) in [5.41, 5.74) is 6.69. The van der Waals surface area contributed by atoms with E-state index in [1.807, 2.05) is 30.3 Å². The molecular formula is C30H37N5O6. The monoisotopic (exact) mass is 563 g/mol. The van der Waals surface area contributed by atoms with Crippen LogP contribution in [-0.2, 0) is 25.6 Å². The van der Waals surface area contributed by atoms with Gasteiger partial charge in [-0.25, -0.2) is 0 Å². The third-order valence-corrected chi connectivity index (χ3v) is 7.33. The normalized spacial score (nSPS) is 21.4. The van der Waals surface area contributed by atoms with Gasteiger partial charge in [0.25, 0.3) is 5.91 Å². The van der Waals surface area contributed by atoms with Crippen LogP contribution >= 0.6 is 0 Å². The third-order valence-electron chi connectivity index (χ3n) is 7.33. The number of hydrogen-bond donors (Lipinski definition) is 4. The molecule has 2 aromatic rings. The highest BCUT2D eigenvalue weighted by atomic mass is 16.5. The third kappa shape index (κ3) is 8.29. The van der Waals surface area contributed by atoms with Crippen LogP contribution in [0.15, 0.2) is 54.6 Å². The SMILES string of the molecule is NC(=O)CC[C@@H]1NC(=O)C[C@@H](C(=O)NCCCc2ccccc2)NC(=O)c2ccccc2OC[C@H]2CCCN2C1=O. The Kier molecular flexibility index (Phi) is 10.3. The number of amides is 5. The molecule has 5 amide bonds. The van der Waals surface area contributed by atoms with Gasteiger partial charge in [-0.15, -0.1) is 0 Å². The second kappa shape index (κ2) is 14.3. The number of primary amides is 1. The van der Waals surface area contributed by atoms with Crippen molar-refractivity contribution < 1.29 is 28.7 Å². The van der Waals surface area contributed by atoms with E-state index in [9.17, 15) is 24.0 Å². The smallest absolute Gasteiger partial charge is 0.255 e. The van der Waals surface area contributed by atoms with E-state index in [4.69, 9.17) is 10.5 Å². The quantitative estimate of drug-likeness (QED) is 0.352. The summed E-state index contributed by atoms with van der Waals surface area (Å²) in [6.07, 6.45) is 2.40. The Bertz CT molecular complexity index is 1250. The summed E-state index contributed by atoms with van der Waals surface area (Å²) < 4.78 is 6.02. The molecule has 1 saturated heterocycles. The number of nitrogens with two attached hydrogens (primary N) is 1. The summed E-state index contributed by atoms with van der Waals surface area (Å²) in [4.78, 5) is 66.3. The average molecular weight is 564 g/mol. The number of ether oxygens (including phenoxy) is 1. The molecule has 1 fully saturated rings. The van der Waals surface area contributed by atoms with Gasteiger partial charge in [-0.1, -0.05) is 42.5 Å². The van der Waals surface area contributed by atoms with Crippen molar-refractivity contribution in [3.05, 3.63) is 65.7 Å². The zero-order valence-electron chi connectivity index (χ0n) is 23.0. The number of rotatable bonds is 8. The zero-order chi connectivity index (χ0) is 29.2. The molecule has 0 aliphatic carbocycles. The van der Waals surface area contributed by atoms with E-state index in [-0.39, 0.29) is 37.0 Å². The van der Waals surface area contributed by atoms with Gasteiger partial charge >= 0.3 is 0 Å². The van der Waals surface area contributed by atoms with Crippen LogP contribution < -0.4 is 26.4 Å². The van der Waals surface area contributed by atoms with Gasteiger partial charge in [0.1, 0.15) is 24.4 Å². The van der Waals surface area contributed by atoms with Gasteiger partial charge in [0.05, 0.1) is 18.0 Å². The number of benzene rings is 2. The molecule has 11 heteroatoms. The van der Waals surface area contributed by atoms with Crippen LogP contribution in [0, 0.1) is 0 Å². The molecule has 0 bridgehead atoms. The summed E-state index contributed by atoms with van der Waals surface area (Å²) in [6, 6.07) is 14.0. The second-order valence-electron chi connectivity index (χ2n) is 10.4. The van der Waals surface area contributed by atoms with Crippen LogP contribution in [0.3, 0.4) is 0 Å². The highest BCUT2D eigenvalue weighted by Gasteiger charge is 2.36. The van der Waals surface area contributed by atoms with Gasteiger partial charge in [-0.2, -0.15) is 0 Å². The molecule has 3 atom stereocenters. The van der Waals surface area contributed by atoms with Crippen molar-refractivity contribution in [2.24, 2.45) is 5.73 Å². The number of carbonyl (C=O) groups excluding carboxylic acids is 5. The molecule has 218 valence electrons. The maximum absolute atomic E-state index is 13.5. The van der Waals surface area contributed by atoms with Crippen molar-refractivity contribution in [3.8, 4) is 5.75 Å². The molecule has 4 rings (SSSR count). The highest BCUT2D eigenvalue weighted by molar-refractivity contribution is 6.01. The minimum Gasteiger partial charge on any atom is -0.491 e. The van der Waals surface area contributed by atoms with Crippen molar-refractivity contribution >= 4 is 29.5 Å². The predicted octanol–water partition coefficient (Wildman–Crippen LogP) is 1.06. The first-order chi connectivity index (χ1) is 19.8. The summed E-state index contributed by atoms with van der Waals surface area (Å²) in [7, 11) is 0. The summed E-state index contributed by atoms with van der Waals surface area (Å²) >= 11 is 0. The van der Waals surface area contributed by atoms with E-state index < -0.39 is 42.1 Å². The molecule has 0 saturated carbocycles. The largest absolute Gasteiger partial charge is 0.491 e. The summed E-state index contributed by atoms with van der Waals surface area (Å²) in [6.45, 7) is 0.973. The Hall–Kier alpha value is -4.41. The molecule has 41 heavy (non-hydrogen) atoms. The first-order valence-corrected chi connectivity index (χ1v) is 14.0. The molecule has 2 heterocycles. The lowest BCUT2D eigenvalue weighted by Crippen LogP contribution is -2.54. The van der Waals surface area contributed by atoms with E-state index in [0.29, 0.717) is 31.7 Å². The number of carbonyl (C=O) groups is 5. The lowest BCUT2D eigenvalue weighted by Gasteiger charge is -2.30. The minimum atomic E-state index is -1.21. The maximum atomic E-state index is 13.5.